The third-order valence-electron chi connectivity index (χ3n) is 2.38. The van der Waals surface area contributed by atoms with E-state index in [9.17, 15) is 26.4 Å². The molecule has 0 radical (unpaired) electrons. The molecular weight excluding hydrogens is 313 g/mol. The first kappa shape index (κ1) is 17.4. The number of alkyl halides is 3. The summed E-state index contributed by atoms with van der Waals surface area (Å²) >= 11 is 0. The van der Waals surface area contributed by atoms with E-state index in [0.717, 1.165) is 0 Å². The summed E-state index contributed by atoms with van der Waals surface area (Å²) in [5, 5.41) is 0. The Labute approximate surface area is 119 Å². The highest BCUT2D eigenvalue weighted by atomic mass is 32.2. The normalized spacial score (nSPS) is 13.7. The lowest BCUT2D eigenvalue weighted by Gasteiger charge is -2.16. The topological polar surface area (TPSA) is 69.7 Å². The fourth-order valence-corrected chi connectivity index (χ4v) is 1.93. The van der Waals surface area contributed by atoms with Gasteiger partial charge >= 0.3 is 21.6 Å². The van der Waals surface area contributed by atoms with Crippen LogP contribution in [0, 0.1) is 0 Å². The molecule has 0 heterocycles. The average Bonchev–Trinajstić information content (AvgIpc) is 2.42. The number of hydrogen-bond donors (Lipinski definition) is 0. The van der Waals surface area contributed by atoms with Crippen LogP contribution in [0.5, 0.6) is 0 Å². The monoisotopic (exact) mass is 326 g/mol. The van der Waals surface area contributed by atoms with E-state index in [-0.39, 0.29) is 13.0 Å². The van der Waals surface area contributed by atoms with Gasteiger partial charge in [0.25, 0.3) is 0 Å². The highest BCUT2D eigenvalue weighted by Gasteiger charge is 2.49. The Morgan fingerprint density at radius 2 is 1.81 bits per heavy atom. The fraction of sp³-hybridized carbons (Fsp3) is 0.417. The zero-order valence-corrected chi connectivity index (χ0v) is 11.8. The number of carbonyl (C=O) groups excluding carboxylic acids is 1. The summed E-state index contributed by atoms with van der Waals surface area (Å²) in [4.78, 5) is 11.6. The maximum absolute atomic E-state index is 12.2. The SMILES string of the molecule is CC[C@H](OS(=O)(=O)C(F)(F)F)C(=O)OCc1ccccc1. The van der Waals surface area contributed by atoms with Gasteiger partial charge in [0.1, 0.15) is 6.61 Å². The van der Waals surface area contributed by atoms with E-state index in [1.807, 2.05) is 0 Å². The molecule has 0 unspecified atom stereocenters. The molecule has 0 amide bonds. The molecule has 1 aromatic carbocycles. The van der Waals surface area contributed by atoms with E-state index < -0.39 is 27.7 Å². The van der Waals surface area contributed by atoms with E-state index >= 15 is 0 Å². The Morgan fingerprint density at radius 1 is 1.24 bits per heavy atom. The maximum Gasteiger partial charge on any atom is 0.523 e. The number of hydrogen-bond acceptors (Lipinski definition) is 5. The van der Waals surface area contributed by atoms with Crippen molar-refractivity contribution in [2.75, 3.05) is 0 Å². The van der Waals surface area contributed by atoms with Crippen molar-refractivity contribution < 1.29 is 35.3 Å². The molecule has 5 nitrogen and oxygen atoms in total. The molecule has 0 saturated carbocycles. The van der Waals surface area contributed by atoms with Gasteiger partial charge in [-0.25, -0.2) is 8.98 Å². The van der Waals surface area contributed by atoms with Crippen molar-refractivity contribution in [3.63, 3.8) is 0 Å². The summed E-state index contributed by atoms with van der Waals surface area (Å²) in [7, 11) is -5.84. The molecule has 1 rings (SSSR count). The minimum Gasteiger partial charge on any atom is -0.459 e. The minimum atomic E-state index is -5.84. The molecule has 0 aromatic heterocycles. The van der Waals surface area contributed by atoms with Crippen molar-refractivity contribution in [1.82, 2.24) is 0 Å². The fourth-order valence-electron chi connectivity index (χ4n) is 1.30. The number of benzene rings is 1. The van der Waals surface area contributed by atoms with Crippen molar-refractivity contribution >= 4 is 16.1 Å². The van der Waals surface area contributed by atoms with Gasteiger partial charge in [-0.2, -0.15) is 21.6 Å². The van der Waals surface area contributed by atoms with E-state index in [4.69, 9.17) is 4.74 Å². The van der Waals surface area contributed by atoms with Crippen LogP contribution in [0.1, 0.15) is 18.9 Å². The number of ether oxygens (including phenoxy) is 1. The van der Waals surface area contributed by atoms with Crippen LogP contribution in [-0.4, -0.2) is 26.0 Å². The van der Waals surface area contributed by atoms with Crippen molar-refractivity contribution in [2.45, 2.75) is 31.6 Å². The van der Waals surface area contributed by atoms with Crippen LogP contribution < -0.4 is 0 Å². The van der Waals surface area contributed by atoms with Crippen LogP contribution in [-0.2, 0) is 30.4 Å². The van der Waals surface area contributed by atoms with Gasteiger partial charge in [-0.1, -0.05) is 37.3 Å². The van der Waals surface area contributed by atoms with Crippen molar-refractivity contribution in [3.05, 3.63) is 35.9 Å². The number of halogens is 3. The van der Waals surface area contributed by atoms with Crippen LogP contribution in [0.3, 0.4) is 0 Å². The van der Waals surface area contributed by atoms with Crippen LogP contribution in [0.25, 0.3) is 0 Å². The van der Waals surface area contributed by atoms with Gasteiger partial charge in [0.2, 0.25) is 0 Å². The molecule has 1 atom stereocenters. The van der Waals surface area contributed by atoms with E-state index in [0.29, 0.717) is 5.56 Å². The molecule has 0 fully saturated rings. The van der Waals surface area contributed by atoms with Gasteiger partial charge in [-0.3, -0.25) is 0 Å². The third kappa shape index (κ3) is 5.01. The molecular formula is C12H13F3O5S. The van der Waals surface area contributed by atoms with E-state index in [2.05, 4.69) is 4.18 Å². The lowest BCUT2D eigenvalue weighted by atomic mass is 10.2. The molecule has 0 aliphatic rings. The Bertz CT molecular complexity index is 568. The van der Waals surface area contributed by atoms with Crippen LogP contribution in [0.2, 0.25) is 0 Å². The summed E-state index contributed by atoms with van der Waals surface area (Å²) in [6, 6.07) is 8.39. The number of rotatable bonds is 6. The molecule has 9 heteroatoms. The lowest BCUT2D eigenvalue weighted by molar-refractivity contribution is -0.154. The Kier molecular flexibility index (Phi) is 5.73. The maximum atomic E-state index is 12.2. The van der Waals surface area contributed by atoms with E-state index in [1.165, 1.54) is 6.92 Å². The second kappa shape index (κ2) is 6.90. The molecule has 0 aliphatic carbocycles. The van der Waals surface area contributed by atoms with Gasteiger partial charge < -0.3 is 4.74 Å². The molecule has 0 bridgehead atoms. The second-order valence-corrected chi connectivity index (χ2v) is 5.55. The van der Waals surface area contributed by atoms with Gasteiger partial charge in [0.15, 0.2) is 6.10 Å². The minimum absolute atomic E-state index is 0.189. The highest BCUT2D eigenvalue weighted by Crippen LogP contribution is 2.26. The largest absolute Gasteiger partial charge is 0.523 e. The molecule has 0 saturated heterocycles. The zero-order chi connectivity index (χ0) is 16.1. The summed E-state index contributed by atoms with van der Waals surface area (Å²) in [5.74, 6) is -1.17. The number of carbonyl (C=O) groups is 1. The molecule has 0 aliphatic heterocycles. The predicted molar refractivity (Wildman–Crippen MR) is 66.4 cm³/mol. The quantitative estimate of drug-likeness (QED) is 0.456. The van der Waals surface area contributed by atoms with Crippen molar-refractivity contribution in [3.8, 4) is 0 Å². The Balaban J connectivity index is 2.66. The second-order valence-electron chi connectivity index (χ2n) is 3.99. The third-order valence-corrected chi connectivity index (χ3v) is 3.44. The average molecular weight is 326 g/mol. The first-order valence-electron chi connectivity index (χ1n) is 5.87. The van der Waals surface area contributed by atoms with Gasteiger partial charge in [0, 0.05) is 0 Å². The van der Waals surface area contributed by atoms with Gasteiger partial charge in [-0.05, 0) is 12.0 Å². The van der Waals surface area contributed by atoms with E-state index in [1.54, 1.807) is 30.3 Å². The van der Waals surface area contributed by atoms with Crippen molar-refractivity contribution in [2.24, 2.45) is 0 Å². The first-order chi connectivity index (χ1) is 9.67. The molecule has 118 valence electrons. The van der Waals surface area contributed by atoms with Gasteiger partial charge in [-0.15, -0.1) is 0 Å². The van der Waals surface area contributed by atoms with Crippen LogP contribution >= 0.6 is 0 Å². The number of esters is 1. The summed E-state index contributed by atoms with van der Waals surface area (Å²) in [5.41, 5.74) is -4.97. The standard InChI is InChI=1S/C12H13F3O5S/c1-2-10(20-21(17,18)12(13,14)15)11(16)19-8-9-6-4-3-5-7-9/h3-7,10H,2,8H2,1H3/t10-/m0/s1. The highest BCUT2D eigenvalue weighted by molar-refractivity contribution is 7.87. The molecule has 0 N–H and O–H groups in total. The first-order valence-corrected chi connectivity index (χ1v) is 7.28. The van der Waals surface area contributed by atoms with Crippen molar-refractivity contribution in [1.29, 1.82) is 0 Å². The van der Waals surface area contributed by atoms with Gasteiger partial charge in [0.05, 0.1) is 0 Å². The smallest absolute Gasteiger partial charge is 0.459 e. The summed E-state index contributed by atoms with van der Waals surface area (Å²) < 4.78 is 66.8. The summed E-state index contributed by atoms with van der Waals surface area (Å²) in [6.07, 6.45) is -2.11. The Morgan fingerprint density at radius 3 is 2.29 bits per heavy atom. The predicted octanol–water partition coefficient (Wildman–Crippen LogP) is 2.37. The zero-order valence-electron chi connectivity index (χ0n) is 11.0. The lowest BCUT2D eigenvalue weighted by Crippen LogP contribution is -2.34. The molecule has 21 heavy (non-hydrogen) atoms. The molecule has 1 aromatic rings. The van der Waals surface area contributed by atoms with Crippen LogP contribution in [0.4, 0.5) is 13.2 Å². The van der Waals surface area contributed by atoms with Crippen LogP contribution in [0.15, 0.2) is 30.3 Å². The summed E-state index contributed by atoms with van der Waals surface area (Å²) in [6.45, 7) is 1.12. The molecule has 0 spiro atoms. The Hall–Kier alpha value is -1.61.